The van der Waals surface area contributed by atoms with Gasteiger partial charge in [-0.1, -0.05) is 13.8 Å². The number of hydrogen-bond donors (Lipinski definition) is 1. The molecular weight excluding hydrogens is 273 g/mol. The van der Waals surface area contributed by atoms with Crippen LogP contribution in [0.2, 0.25) is 0 Å². The lowest BCUT2D eigenvalue weighted by molar-refractivity contribution is 0.140. The number of ether oxygens (including phenoxy) is 1. The number of benzene rings is 1. The molecule has 0 saturated heterocycles. The van der Waals surface area contributed by atoms with Crippen molar-refractivity contribution in [2.45, 2.75) is 26.8 Å². The van der Waals surface area contributed by atoms with Crippen molar-refractivity contribution in [1.82, 2.24) is 20.2 Å². The van der Waals surface area contributed by atoms with Crippen LogP contribution < -0.4 is 5.73 Å². The first kappa shape index (κ1) is 15.4. The molecule has 0 aliphatic heterocycles. The first-order valence-corrected chi connectivity index (χ1v) is 6.73. The quantitative estimate of drug-likeness (QED) is 0.825. The molecule has 0 atom stereocenters. The molecule has 0 aliphatic carbocycles. The summed E-state index contributed by atoms with van der Waals surface area (Å²) in [4.78, 5) is 0. The number of methoxy groups -OCH3 is 1. The molecule has 0 saturated carbocycles. The van der Waals surface area contributed by atoms with Gasteiger partial charge in [0.15, 0.2) is 5.82 Å². The summed E-state index contributed by atoms with van der Waals surface area (Å²) in [7, 11) is 1.68. The maximum absolute atomic E-state index is 13.3. The molecule has 0 aliphatic rings. The number of halogens is 1. The summed E-state index contributed by atoms with van der Waals surface area (Å²) in [5, 5.41) is 11.7. The van der Waals surface area contributed by atoms with E-state index in [1.807, 2.05) is 0 Å². The van der Waals surface area contributed by atoms with Crippen molar-refractivity contribution >= 4 is 5.69 Å². The van der Waals surface area contributed by atoms with Crippen LogP contribution in [0.1, 0.15) is 20.3 Å². The standard InChI is InChI=1S/C14H20FN5O/c1-14(2,6-7-21-3)9-20-13(17-18-19-20)10-4-5-11(15)12(16)8-10/h4-5,8H,6-7,9,16H2,1-3H3. The van der Waals surface area contributed by atoms with E-state index in [2.05, 4.69) is 29.4 Å². The summed E-state index contributed by atoms with van der Waals surface area (Å²) in [6.45, 7) is 5.55. The number of hydrogen-bond acceptors (Lipinski definition) is 5. The number of nitrogen functional groups attached to an aromatic ring is 1. The highest BCUT2D eigenvalue weighted by Crippen LogP contribution is 2.26. The van der Waals surface area contributed by atoms with Gasteiger partial charge in [-0.25, -0.2) is 9.07 Å². The Kier molecular flexibility index (Phi) is 4.52. The minimum absolute atomic E-state index is 0.0221. The van der Waals surface area contributed by atoms with Crippen molar-refractivity contribution in [3.05, 3.63) is 24.0 Å². The lowest BCUT2D eigenvalue weighted by Crippen LogP contribution is -2.23. The normalized spacial score (nSPS) is 11.8. The van der Waals surface area contributed by atoms with Gasteiger partial charge in [-0.15, -0.1) is 5.10 Å². The molecule has 1 heterocycles. The van der Waals surface area contributed by atoms with Gasteiger partial charge in [0.2, 0.25) is 0 Å². The zero-order valence-corrected chi connectivity index (χ0v) is 12.5. The van der Waals surface area contributed by atoms with Gasteiger partial charge in [0.05, 0.1) is 12.2 Å². The minimum Gasteiger partial charge on any atom is -0.396 e. The topological polar surface area (TPSA) is 78.8 Å². The molecule has 1 aromatic carbocycles. The second-order valence-electron chi connectivity index (χ2n) is 5.80. The molecule has 2 rings (SSSR count). The molecule has 21 heavy (non-hydrogen) atoms. The van der Waals surface area contributed by atoms with Crippen molar-refractivity contribution < 1.29 is 9.13 Å². The lowest BCUT2D eigenvalue weighted by Gasteiger charge is -2.24. The fourth-order valence-electron chi connectivity index (χ4n) is 2.06. The van der Waals surface area contributed by atoms with Crippen LogP contribution in [0.15, 0.2) is 18.2 Å². The Morgan fingerprint density at radius 2 is 2.14 bits per heavy atom. The molecule has 6 nitrogen and oxygen atoms in total. The van der Waals surface area contributed by atoms with E-state index in [1.54, 1.807) is 23.9 Å². The van der Waals surface area contributed by atoms with Gasteiger partial charge in [-0.05, 0) is 40.5 Å². The van der Waals surface area contributed by atoms with Gasteiger partial charge in [0.1, 0.15) is 5.82 Å². The molecule has 0 radical (unpaired) electrons. The summed E-state index contributed by atoms with van der Waals surface area (Å²) >= 11 is 0. The van der Waals surface area contributed by atoms with Crippen LogP contribution in [0.3, 0.4) is 0 Å². The highest BCUT2D eigenvalue weighted by atomic mass is 19.1. The Balaban J connectivity index is 2.24. The molecule has 0 unspecified atom stereocenters. The molecular formula is C14H20FN5O. The van der Waals surface area contributed by atoms with E-state index in [0.29, 0.717) is 24.5 Å². The fraction of sp³-hybridized carbons (Fsp3) is 0.500. The maximum atomic E-state index is 13.3. The molecule has 7 heteroatoms. The first-order chi connectivity index (χ1) is 9.93. The number of aromatic nitrogens is 4. The van der Waals surface area contributed by atoms with Crippen LogP contribution in [0, 0.1) is 11.2 Å². The number of tetrazole rings is 1. The SMILES string of the molecule is COCCC(C)(C)Cn1nnnc1-c1ccc(F)c(N)c1. The second-order valence-corrected chi connectivity index (χ2v) is 5.80. The van der Waals surface area contributed by atoms with E-state index in [1.165, 1.54) is 6.07 Å². The third-order valence-electron chi connectivity index (χ3n) is 3.35. The number of rotatable bonds is 6. The molecule has 0 fully saturated rings. The Bertz CT molecular complexity index is 611. The van der Waals surface area contributed by atoms with Gasteiger partial charge in [-0.3, -0.25) is 0 Å². The Hall–Kier alpha value is -2.02. The van der Waals surface area contributed by atoms with E-state index in [9.17, 15) is 4.39 Å². The van der Waals surface area contributed by atoms with E-state index in [4.69, 9.17) is 10.5 Å². The van der Waals surface area contributed by atoms with E-state index in [0.717, 1.165) is 6.42 Å². The van der Waals surface area contributed by atoms with Gasteiger partial charge in [0.25, 0.3) is 0 Å². The third-order valence-corrected chi connectivity index (χ3v) is 3.35. The minimum atomic E-state index is -0.446. The predicted molar refractivity (Wildman–Crippen MR) is 77.9 cm³/mol. The molecule has 0 amide bonds. The van der Waals surface area contributed by atoms with E-state index >= 15 is 0 Å². The smallest absolute Gasteiger partial charge is 0.182 e. The predicted octanol–water partition coefficient (Wildman–Crippen LogP) is 2.12. The summed E-state index contributed by atoms with van der Waals surface area (Å²) in [6.07, 6.45) is 0.883. The fourth-order valence-corrected chi connectivity index (χ4v) is 2.06. The van der Waals surface area contributed by atoms with Gasteiger partial charge in [-0.2, -0.15) is 0 Å². The first-order valence-electron chi connectivity index (χ1n) is 6.73. The zero-order chi connectivity index (χ0) is 15.5. The number of anilines is 1. The van der Waals surface area contributed by atoms with Crippen molar-refractivity contribution in [1.29, 1.82) is 0 Å². The molecule has 2 N–H and O–H groups in total. The zero-order valence-electron chi connectivity index (χ0n) is 12.5. The van der Waals surface area contributed by atoms with Crippen LogP contribution in [-0.4, -0.2) is 33.9 Å². The summed E-state index contributed by atoms with van der Waals surface area (Å²) in [6, 6.07) is 4.48. The van der Waals surface area contributed by atoms with Gasteiger partial charge >= 0.3 is 0 Å². The van der Waals surface area contributed by atoms with Crippen LogP contribution in [0.4, 0.5) is 10.1 Å². The van der Waals surface area contributed by atoms with Crippen LogP contribution in [-0.2, 0) is 11.3 Å². The van der Waals surface area contributed by atoms with Crippen molar-refractivity contribution in [2.24, 2.45) is 5.41 Å². The monoisotopic (exact) mass is 293 g/mol. The van der Waals surface area contributed by atoms with Gasteiger partial charge in [0, 0.05) is 19.3 Å². The molecule has 114 valence electrons. The number of nitrogens with two attached hydrogens (primary N) is 1. The third kappa shape index (κ3) is 3.75. The Morgan fingerprint density at radius 3 is 2.81 bits per heavy atom. The van der Waals surface area contributed by atoms with Crippen molar-refractivity contribution in [2.75, 3.05) is 19.5 Å². The van der Waals surface area contributed by atoms with E-state index in [-0.39, 0.29) is 11.1 Å². The summed E-state index contributed by atoms with van der Waals surface area (Å²) in [5.74, 6) is 0.130. The van der Waals surface area contributed by atoms with Gasteiger partial charge < -0.3 is 10.5 Å². The molecule has 0 spiro atoms. The largest absolute Gasteiger partial charge is 0.396 e. The molecule has 0 bridgehead atoms. The van der Waals surface area contributed by atoms with Crippen LogP contribution in [0.25, 0.3) is 11.4 Å². The van der Waals surface area contributed by atoms with Crippen LogP contribution >= 0.6 is 0 Å². The Morgan fingerprint density at radius 1 is 1.38 bits per heavy atom. The molecule has 2 aromatic rings. The Labute approximate surface area is 123 Å². The number of nitrogens with zero attached hydrogens (tertiary/aromatic N) is 4. The lowest BCUT2D eigenvalue weighted by atomic mass is 9.89. The summed E-state index contributed by atoms with van der Waals surface area (Å²) < 4.78 is 20.1. The van der Waals surface area contributed by atoms with Crippen molar-refractivity contribution in [3.63, 3.8) is 0 Å². The van der Waals surface area contributed by atoms with E-state index < -0.39 is 5.82 Å². The second kappa shape index (κ2) is 6.17. The van der Waals surface area contributed by atoms with Crippen molar-refractivity contribution in [3.8, 4) is 11.4 Å². The average Bonchev–Trinajstić information content (AvgIpc) is 2.87. The maximum Gasteiger partial charge on any atom is 0.182 e. The highest BCUT2D eigenvalue weighted by Gasteiger charge is 2.22. The van der Waals surface area contributed by atoms with Crippen LogP contribution in [0.5, 0.6) is 0 Å². The summed E-state index contributed by atoms with van der Waals surface area (Å²) in [5.41, 5.74) is 6.36. The molecule has 1 aromatic heterocycles. The average molecular weight is 293 g/mol. The highest BCUT2D eigenvalue weighted by molar-refractivity contribution is 5.61.